The molecule has 0 saturated carbocycles. The predicted octanol–water partition coefficient (Wildman–Crippen LogP) is 4.25. The second kappa shape index (κ2) is 8.51. The van der Waals surface area contributed by atoms with Gasteiger partial charge in [-0.15, -0.1) is 16.4 Å². The van der Waals surface area contributed by atoms with Crippen molar-refractivity contribution in [3.8, 4) is 5.69 Å². The number of aromatic nitrogens is 3. The first-order chi connectivity index (χ1) is 12.5. The minimum atomic E-state index is -0.262. The Bertz CT molecular complexity index is 844. The van der Waals surface area contributed by atoms with Crippen LogP contribution in [0.1, 0.15) is 37.4 Å². The van der Waals surface area contributed by atoms with E-state index in [2.05, 4.69) is 29.2 Å². The molecule has 2 aromatic heterocycles. The van der Waals surface area contributed by atoms with Crippen LogP contribution < -0.4 is 5.32 Å². The number of hydrogen-bond donors (Lipinski definition) is 1. The summed E-state index contributed by atoms with van der Waals surface area (Å²) >= 11 is 3.02. The second-order valence-corrected chi connectivity index (χ2v) is 8.55. The lowest BCUT2D eigenvalue weighted by atomic mass is 10.2. The first kappa shape index (κ1) is 18.7. The highest BCUT2D eigenvalue weighted by Crippen LogP contribution is 2.25. The smallest absolute Gasteiger partial charge is 0.233 e. The molecule has 0 aliphatic heterocycles. The third-order valence-corrected chi connectivity index (χ3v) is 5.63. The van der Waals surface area contributed by atoms with E-state index < -0.39 is 0 Å². The highest BCUT2D eigenvalue weighted by molar-refractivity contribution is 8.00. The molecular formula is C19H22N4OS2. The average molecular weight is 387 g/mol. The fourth-order valence-corrected chi connectivity index (χ4v) is 3.86. The molecule has 0 spiro atoms. The molecule has 136 valence electrons. The Labute approximate surface area is 161 Å². The van der Waals surface area contributed by atoms with Crippen LogP contribution in [0.4, 0.5) is 0 Å². The van der Waals surface area contributed by atoms with E-state index in [4.69, 9.17) is 0 Å². The van der Waals surface area contributed by atoms with E-state index in [0.717, 1.165) is 16.4 Å². The van der Waals surface area contributed by atoms with Crippen LogP contribution in [0.25, 0.3) is 5.69 Å². The molecule has 7 heteroatoms. The number of nitrogens with one attached hydrogen (secondary N) is 1. The largest absolute Gasteiger partial charge is 0.350 e. The highest BCUT2D eigenvalue weighted by Gasteiger charge is 2.20. The maximum absolute atomic E-state index is 12.3. The maximum Gasteiger partial charge on any atom is 0.233 e. The number of hydrogen-bond acceptors (Lipinski definition) is 5. The van der Waals surface area contributed by atoms with Gasteiger partial charge in [0.05, 0.1) is 17.5 Å². The number of thioether (sulfide) groups is 1. The molecule has 1 atom stereocenters. The molecule has 26 heavy (non-hydrogen) atoms. The maximum atomic E-state index is 12.3. The lowest BCUT2D eigenvalue weighted by molar-refractivity contribution is -0.120. The minimum absolute atomic E-state index is 0.00874. The summed E-state index contributed by atoms with van der Waals surface area (Å²) < 4.78 is 1.86. The summed E-state index contributed by atoms with van der Waals surface area (Å²) in [7, 11) is 0. The molecule has 0 fully saturated rings. The number of amides is 1. The number of nitrogens with zero attached hydrogens (tertiary/aromatic N) is 3. The van der Waals surface area contributed by atoms with Gasteiger partial charge < -0.3 is 5.32 Å². The third-order valence-electron chi connectivity index (χ3n) is 3.80. The Balaban J connectivity index is 1.70. The third kappa shape index (κ3) is 4.53. The van der Waals surface area contributed by atoms with Crippen LogP contribution in [0.5, 0.6) is 0 Å². The summed E-state index contributed by atoms with van der Waals surface area (Å²) in [4.78, 5) is 18.1. The Hall–Kier alpha value is -2.12. The van der Waals surface area contributed by atoms with Crippen LogP contribution in [0.15, 0.2) is 53.0 Å². The fraction of sp³-hybridized carbons (Fsp3) is 0.316. The zero-order valence-electron chi connectivity index (χ0n) is 15.0. The monoisotopic (exact) mass is 386 g/mol. The molecule has 2 heterocycles. The van der Waals surface area contributed by atoms with Gasteiger partial charge in [0.1, 0.15) is 5.82 Å². The van der Waals surface area contributed by atoms with E-state index in [1.54, 1.807) is 11.3 Å². The van der Waals surface area contributed by atoms with Crippen molar-refractivity contribution in [2.24, 2.45) is 0 Å². The fourth-order valence-electron chi connectivity index (χ4n) is 2.43. The van der Waals surface area contributed by atoms with Crippen LogP contribution in [0.3, 0.4) is 0 Å². The van der Waals surface area contributed by atoms with Gasteiger partial charge in [0.2, 0.25) is 11.1 Å². The van der Waals surface area contributed by atoms with Gasteiger partial charge in [0.15, 0.2) is 0 Å². The molecular weight excluding hydrogens is 364 g/mol. The van der Waals surface area contributed by atoms with E-state index in [1.165, 1.54) is 11.8 Å². The molecule has 0 aliphatic rings. The molecule has 5 nitrogen and oxygen atoms in total. The number of benzene rings is 1. The predicted molar refractivity (Wildman–Crippen MR) is 107 cm³/mol. The van der Waals surface area contributed by atoms with Crippen molar-refractivity contribution in [2.75, 3.05) is 0 Å². The van der Waals surface area contributed by atoms with Crippen molar-refractivity contribution >= 4 is 29.0 Å². The Morgan fingerprint density at radius 2 is 1.96 bits per heavy atom. The van der Waals surface area contributed by atoms with Crippen LogP contribution in [-0.4, -0.2) is 25.9 Å². The SMILES string of the molecule is CC(C)c1nc(S[C@@H](C)C(=O)NCc2cccs2)nn1-c1ccccc1. The Morgan fingerprint density at radius 3 is 2.62 bits per heavy atom. The van der Waals surface area contributed by atoms with Crippen molar-refractivity contribution in [1.82, 2.24) is 20.1 Å². The van der Waals surface area contributed by atoms with E-state index >= 15 is 0 Å². The quantitative estimate of drug-likeness (QED) is 0.617. The Kier molecular flexibility index (Phi) is 6.11. The number of thiophene rings is 1. The molecule has 3 rings (SSSR count). The number of rotatable bonds is 7. The highest BCUT2D eigenvalue weighted by atomic mass is 32.2. The van der Waals surface area contributed by atoms with Crippen LogP contribution >= 0.6 is 23.1 Å². The summed E-state index contributed by atoms with van der Waals surface area (Å²) in [6, 6.07) is 13.9. The van der Waals surface area contributed by atoms with Crippen molar-refractivity contribution in [3.63, 3.8) is 0 Å². The zero-order chi connectivity index (χ0) is 18.5. The second-order valence-electron chi connectivity index (χ2n) is 6.21. The normalized spacial score (nSPS) is 12.3. The minimum Gasteiger partial charge on any atom is -0.350 e. The average Bonchev–Trinajstić information content (AvgIpc) is 3.30. The van der Waals surface area contributed by atoms with Crippen molar-refractivity contribution in [3.05, 3.63) is 58.5 Å². The van der Waals surface area contributed by atoms with Crippen molar-refractivity contribution in [2.45, 2.75) is 43.6 Å². The topological polar surface area (TPSA) is 59.8 Å². The van der Waals surface area contributed by atoms with E-state index in [1.807, 2.05) is 59.5 Å². The molecule has 0 aliphatic carbocycles. The van der Waals surface area contributed by atoms with Gasteiger partial charge in [-0.1, -0.05) is 49.9 Å². The van der Waals surface area contributed by atoms with Gasteiger partial charge in [0, 0.05) is 10.8 Å². The molecule has 0 bridgehead atoms. The summed E-state index contributed by atoms with van der Waals surface area (Å²) in [6.07, 6.45) is 0. The molecule has 1 aromatic carbocycles. The summed E-state index contributed by atoms with van der Waals surface area (Å²) in [5.74, 6) is 1.12. The van der Waals surface area contributed by atoms with E-state index in [-0.39, 0.29) is 17.1 Å². The van der Waals surface area contributed by atoms with Crippen molar-refractivity contribution < 1.29 is 4.79 Å². The van der Waals surface area contributed by atoms with Gasteiger partial charge in [-0.2, -0.15) is 0 Å². The molecule has 0 unspecified atom stereocenters. The van der Waals surface area contributed by atoms with Crippen LogP contribution in [-0.2, 0) is 11.3 Å². The van der Waals surface area contributed by atoms with E-state index in [9.17, 15) is 4.79 Å². The molecule has 0 radical (unpaired) electrons. The van der Waals surface area contributed by atoms with Gasteiger partial charge >= 0.3 is 0 Å². The summed E-state index contributed by atoms with van der Waals surface area (Å²) in [5, 5.41) is 9.96. The molecule has 1 amide bonds. The van der Waals surface area contributed by atoms with Crippen LogP contribution in [0.2, 0.25) is 0 Å². The van der Waals surface area contributed by atoms with Gasteiger partial charge in [-0.3, -0.25) is 4.79 Å². The van der Waals surface area contributed by atoms with Gasteiger partial charge in [0.25, 0.3) is 0 Å². The molecule has 1 N–H and O–H groups in total. The van der Waals surface area contributed by atoms with Gasteiger partial charge in [-0.25, -0.2) is 9.67 Å². The standard InChI is InChI=1S/C19H22N4OS2/c1-13(2)17-21-19(22-23(17)15-8-5-4-6-9-15)26-14(3)18(24)20-12-16-10-7-11-25-16/h4-11,13-14H,12H2,1-3H3,(H,20,24)/t14-/m0/s1. The van der Waals surface area contributed by atoms with Gasteiger partial charge in [-0.05, 0) is 30.5 Å². The number of para-hydroxylation sites is 1. The number of carbonyl (C=O) groups excluding carboxylic acids is 1. The lowest BCUT2D eigenvalue weighted by Crippen LogP contribution is -2.30. The first-order valence-corrected chi connectivity index (χ1v) is 10.3. The zero-order valence-corrected chi connectivity index (χ0v) is 16.7. The number of carbonyl (C=O) groups is 1. The Morgan fingerprint density at radius 1 is 1.19 bits per heavy atom. The van der Waals surface area contributed by atoms with Crippen LogP contribution in [0, 0.1) is 0 Å². The molecule has 0 saturated heterocycles. The summed E-state index contributed by atoms with van der Waals surface area (Å²) in [5.41, 5.74) is 0.977. The first-order valence-electron chi connectivity index (χ1n) is 8.53. The van der Waals surface area contributed by atoms with E-state index in [0.29, 0.717) is 11.7 Å². The van der Waals surface area contributed by atoms with Crippen molar-refractivity contribution in [1.29, 1.82) is 0 Å². The molecule has 3 aromatic rings. The summed E-state index contributed by atoms with van der Waals surface area (Å²) in [6.45, 7) is 6.63. The lowest BCUT2D eigenvalue weighted by Gasteiger charge is -2.09.